The Kier molecular flexibility index (Phi) is 5.82. The maximum atomic E-state index is 12.3. The van der Waals surface area contributed by atoms with E-state index in [9.17, 15) is 4.79 Å². The van der Waals surface area contributed by atoms with Crippen LogP contribution in [0.15, 0.2) is 57.4 Å². The predicted molar refractivity (Wildman–Crippen MR) is 118 cm³/mol. The summed E-state index contributed by atoms with van der Waals surface area (Å²) in [7, 11) is 0. The van der Waals surface area contributed by atoms with Gasteiger partial charge in [-0.3, -0.25) is 4.79 Å². The van der Waals surface area contributed by atoms with Gasteiger partial charge in [0.15, 0.2) is 5.82 Å². The average molecular weight is 426 g/mol. The van der Waals surface area contributed by atoms with Crippen molar-refractivity contribution in [1.29, 1.82) is 0 Å². The van der Waals surface area contributed by atoms with Gasteiger partial charge in [0.25, 0.3) is 0 Å². The van der Waals surface area contributed by atoms with Crippen LogP contribution in [0, 0.1) is 13.8 Å². The molecule has 150 valence electrons. The van der Waals surface area contributed by atoms with Gasteiger partial charge in [-0.25, -0.2) is 4.68 Å². The first kappa shape index (κ1) is 19.8. The van der Waals surface area contributed by atoms with Crippen molar-refractivity contribution in [3.05, 3.63) is 59.4 Å². The maximum absolute atomic E-state index is 12.3. The van der Waals surface area contributed by atoms with Crippen molar-refractivity contribution in [2.75, 3.05) is 16.9 Å². The third kappa shape index (κ3) is 4.94. The molecular formula is C21H23N5OS2. The van der Waals surface area contributed by atoms with Crippen LogP contribution in [-0.4, -0.2) is 26.5 Å². The topological polar surface area (TPSA) is 85.8 Å². The van der Waals surface area contributed by atoms with Crippen LogP contribution in [0.25, 0.3) is 0 Å². The van der Waals surface area contributed by atoms with E-state index in [2.05, 4.69) is 47.6 Å². The summed E-state index contributed by atoms with van der Waals surface area (Å²) < 4.78 is 1.51. The zero-order valence-electron chi connectivity index (χ0n) is 16.4. The number of hydrogen-bond donors (Lipinski definition) is 2. The van der Waals surface area contributed by atoms with E-state index in [0.29, 0.717) is 11.1 Å². The summed E-state index contributed by atoms with van der Waals surface area (Å²) in [4.78, 5) is 14.7. The zero-order chi connectivity index (χ0) is 20.4. The molecule has 3 N–H and O–H groups in total. The summed E-state index contributed by atoms with van der Waals surface area (Å²) in [5.74, 6) is 7.39. The fraction of sp³-hybridized carbons (Fsp3) is 0.286. The van der Waals surface area contributed by atoms with Crippen molar-refractivity contribution in [3.63, 3.8) is 0 Å². The zero-order valence-corrected chi connectivity index (χ0v) is 18.0. The van der Waals surface area contributed by atoms with E-state index in [1.165, 1.54) is 32.5 Å². The summed E-state index contributed by atoms with van der Waals surface area (Å²) in [6.45, 7) is 4.21. The molecule has 6 nitrogen and oxygen atoms in total. The third-order valence-electron chi connectivity index (χ3n) is 4.68. The maximum Gasteiger partial charge on any atom is 0.234 e. The molecule has 0 radical (unpaired) electrons. The number of nitrogens with two attached hydrogens (primary N) is 1. The number of aromatic nitrogens is 3. The Bertz CT molecular complexity index is 1030. The van der Waals surface area contributed by atoms with Crippen molar-refractivity contribution < 1.29 is 4.79 Å². The minimum Gasteiger partial charge on any atom is -0.336 e. The number of aryl methyl sites for hydroxylation is 2. The van der Waals surface area contributed by atoms with Crippen LogP contribution in [0.1, 0.15) is 35.7 Å². The summed E-state index contributed by atoms with van der Waals surface area (Å²) in [6, 6.07) is 14.3. The fourth-order valence-electron chi connectivity index (χ4n) is 2.88. The van der Waals surface area contributed by atoms with Crippen molar-refractivity contribution in [3.8, 4) is 0 Å². The predicted octanol–water partition coefficient (Wildman–Crippen LogP) is 4.37. The normalized spacial score (nSPS) is 13.4. The molecule has 0 saturated heterocycles. The summed E-state index contributed by atoms with van der Waals surface area (Å²) in [5.41, 5.74) is 3.28. The lowest BCUT2D eigenvalue weighted by Crippen LogP contribution is -2.17. The lowest BCUT2D eigenvalue weighted by Gasteiger charge is -2.09. The number of hydrogen-bond acceptors (Lipinski definition) is 6. The first-order chi connectivity index (χ1) is 14.0. The minimum atomic E-state index is -0.0964. The van der Waals surface area contributed by atoms with Crippen LogP contribution < -0.4 is 11.2 Å². The lowest BCUT2D eigenvalue weighted by atomic mass is 10.2. The Morgan fingerprint density at radius 3 is 2.66 bits per heavy atom. The van der Waals surface area contributed by atoms with Crippen molar-refractivity contribution >= 4 is 35.1 Å². The molecule has 1 aromatic heterocycles. The van der Waals surface area contributed by atoms with Gasteiger partial charge in [0.05, 0.1) is 5.75 Å². The molecule has 1 saturated carbocycles. The van der Waals surface area contributed by atoms with Crippen LogP contribution in [-0.2, 0) is 4.79 Å². The molecule has 4 rings (SSSR count). The van der Waals surface area contributed by atoms with E-state index < -0.39 is 0 Å². The van der Waals surface area contributed by atoms with Crippen molar-refractivity contribution in [2.24, 2.45) is 0 Å². The SMILES string of the molecule is Cc1ccc(C)c(Sc2ccc(NC(=O)CSc3nnc(C4CC4)n3N)cc2)c1. The van der Waals surface area contributed by atoms with Gasteiger partial charge in [0.2, 0.25) is 11.1 Å². The number of nitrogen functional groups attached to an aromatic ring is 1. The van der Waals surface area contributed by atoms with Gasteiger partial charge in [-0.2, -0.15) is 0 Å². The number of rotatable bonds is 7. The van der Waals surface area contributed by atoms with Gasteiger partial charge in [-0.05, 0) is 68.1 Å². The molecule has 1 aliphatic carbocycles. The standard InChI is InChI=1S/C21H23N5OS2/c1-13-3-4-14(2)18(11-13)29-17-9-7-16(8-10-17)23-19(27)12-28-21-25-24-20(26(21)22)15-5-6-15/h3-4,7-11,15H,5-6,12,22H2,1-2H3,(H,23,27). The highest BCUT2D eigenvalue weighted by Gasteiger charge is 2.30. The van der Waals surface area contributed by atoms with Gasteiger partial charge < -0.3 is 11.2 Å². The van der Waals surface area contributed by atoms with Crippen molar-refractivity contribution in [2.45, 2.75) is 47.6 Å². The fourth-order valence-corrected chi connectivity index (χ4v) is 4.55. The number of nitrogens with zero attached hydrogens (tertiary/aromatic N) is 3. The van der Waals surface area contributed by atoms with Gasteiger partial charge in [0.1, 0.15) is 0 Å². The second kappa shape index (κ2) is 8.51. The highest BCUT2D eigenvalue weighted by Crippen LogP contribution is 2.39. The van der Waals surface area contributed by atoms with E-state index in [1.807, 2.05) is 24.3 Å². The Labute approximate surface area is 178 Å². The quantitative estimate of drug-likeness (QED) is 0.432. The first-order valence-corrected chi connectivity index (χ1v) is 11.3. The average Bonchev–Trinajstić information content (AvgIpc) is 3.48. The molecule has 29 heavy (non-hydrogen) atoms. The van der Waals surface area contributed by atoms with Gasteiger partial charge in [-0.15, -0.1) is 10.2 Å². The molecule has 8 heteroatoms. The summed E-state index contributed by atoms with van der Waals surface area (Å²) in [6.07, 6.45) is 2.22. The van der Waals surface area contributed by atoms with Crippen LogP contribution in [0.5, 0.6) is 0 Å². The summed E-state index contributed by atoms with van der Waals surface area (Å²) >= 11 is 3.02. The number of nitrogens with one attached hydrogen (secondary N) is 1. The monoisotopic (exact) mass is 425 g/mol. The lowest BCUT2D eigenvalue weighted by molar-refractivity contribution is -0.113. The molecule has 2 aromatic carbocycles. The smallest absolute Gasteiger partial charge is 0.234 e. The van der Waals surface area contributed by atoms with Crippen LogP contribution in [0.3, 0.4) is 0 Å². The van der Waals surface area contributed by atoms with E-state index >= 15 is 0 Å². The second-order valence-electron chi connectivity index (χ2n) is 7.22. The van der Waals surface area contributed by atoms with Crippen LogP contribution in [0.4, 0.5) is 5.69 Å². The van der Waals surface area contributed by atoms with Gasteiger partial charge >= 0.3 is 0 Å². The number of anilines is 1. The molecule has 1 aliphatic rings. The number of amides is 1. The van der Waals surface area contributed by atoms with Crippen LogP contribution >= 0.6 is 23.5 Å². The summed E-state index contributed by atoms with van der Waals surface area (Å²) in [5, 5.41) is 11.7. The van der Waals surface area contributed by atoms with Gasteiger partial charge in [-0.1, -0.05) is 35.7 Å². The van der Waals surface area contributed by atoms with E-state index in [-0.39, 0.29) is 11.7 Å². The van der Waals surface area contributed by atoms with Gasteiger partial charge in [0, 0.05) is 21.4 Å². The molecule has 0 aliphatic heterocycles. The Hall–Kier alpha value is -2.45. The molecule has 0 spiro atoms. The molecule has 1 fully saturated rings. The molecule has 1 amide bonds. The molecular weight excluding hydrogens is 402 g/mol. The van der Waals surface area contributed by atoms with E-state index in [0.717, 1.165) is 29.2 Å². The number of benzene rings is 2. The molecule has 0 atom stereocenters. The largest absolute Gasteiger partial charge is 0.336 e. The number of thioether (sulfide) groups is 1. The number of carbonyl (C=O) groups is 1. The highest BCUT2D eigenvalue weighted by molar-refractivity contribution is 7.99. The Morgan fingerprint density at radius 1 is 1.17 bits per heavy atom. The molecule has 0 unspecified atom stereocenters. The molecule has 0 bridgehead atoms. The molecule has 3 aromatic rings. The minimum absolute atomic E-state index is 0.0964. The third-order valence-corrected chi connectivity index (χ3v) is 6.79. The number of carbonyl (C=O) groups excluding carboxylic acids is 1. The van der Waals surface area contributed by atoms with E-state index in [4.69, 9.17) is 5.84 Å². The Morgan fingerprint density at radius 2 is 1.93 bits per heavy atom. The molecule has 1 heterocycles. The van der Waals surface area contributed by atoms with Crippen LogP contribution in [0.2, 0.25) is 0 Å². The van der Waals surface area contributed by atoms with Crippen molar-refractivity contribution in [1.82, 2.24) is 14.9 Å². The Balaban J connectivity index is 1.31. The highest BCUT2D eigenvalue weighted by atomic mass is 32.2. The van der Waals surface area contributed by atoms with E-state index in [1.54, 1.807) is 11.8 Å². The first-order valence-electron chi connectivity index (χ1n) is 9.48. The second-order valence-corrected chi connectivity index (χ2v) is 9.28.